The van der Waals surface area contributed by atoms with Crippen molar-refractivity contribution in [1.82, 2.24) is 4.90 Å². The first-order valence-corrected chi connectivity index (χ1v) is 7.48. The van der Waals surface area contributed by atoms with Gasteiger partial charge in [-0.15, -0.1) is 0 Å². The van der Waals surface area contributed by atoms with Crippen LogP contribution >= 0.6 is 11.6 Å². The summed E-state index contributed by atoms with van der Waals surface area (Å²) >= 11 is 6.19. The molecule has 0 N–H and O–H groups in total. The number of allylic oxidation sites excluding steroid dienone is 1. The van der Waals surface area contributed by atoms with Crippen LogP contribution in [0.3, 0.4) is 0 Å². The molecule has 1 nitrogen and oxygen atoms in total. The van der Waals surface area contributed by atoms with Crippen LogP contribution in [0, 0.1) is 0 Å². The first kappa shape index (κ1) is 14.8. The van der Waals surface area contributed by atoms with Gasteiger partial charge < -0.3 is 0 Å². The minimum atomic E-state index is 0.877. The van der Waals surface area contributed by atoms with Gasteiger partial charge in [-0.1, -0.05) is 0 Å². The molecule has 96 valence electrons. The Labute approximate surface area is 112 Å². The molecule has 1 fully saturated rings. The number of hydrogen-bond acceptors (Lipinski definition) is 1. The molecule has 1 saturated heterocycles. The van der Waals surface area contributed by atoms with E-state index in [9.17, 15) is 0 Å². The van der Waals surface area contributed by atoms with Crippen molar-refractivity contribution in [2.45, 2.75) is 58.2 Å². The van der Waals surface area contributed by atoms with Crippen molar-refractivity contribution in [3.05, 3.63) is 11.2 Å². The molecule has 0 unspecified atom stereocenters. The van der Waals surface area contributed by atoms with Crippen LogP contribution in [0.15, 0.2) is 11.2 Å². The second kappa shape index (κ2) is 9.76. The number of hydrogen-bond donors (Lipinski definition) is 0. The summed E-state index contributed by atoms with van der Waals surface area (Å²) in [6.07, 6.45) is 12.5. The third kappa shape index (κ3) is 7.65. The normalized spacial score (nSPS) is 17.5. The average Bonchev–Trinajstić information content (AvgIpc) is 2.35. The van der Waals surface area contributed by atoms with Gasteiger partial charge in [-0.25, -0.2) is 0 Å². The predicted molar refractivity (Wildman–Crippen MR) is 80.1 cm³/mol. The van der Waals surface area contributed by atoms with E-state index in [4.69, 9.17) is 11.6 Å². The second-order valence-electron chi connectivity index (χ2n) is 4.86. The van der Waals surface area contributed by atoms with E-state index in [1.54, 1.807) is 0 Å². The van der Waals surface area contributed by atoms with Crippen LogP contribution in [-0.2, 0) is 0 Å². The maximum atomic E-state index is 6.19. The van der Waals surface area contributed by atoms with Crippen molar-refractivity contribution in [3.8, 4) is 0 Å². The topological polar surface area (TPSA) is 3.24 Å². The molecule has 0 bridgehead atoms. The Bertz CT molecular complexity index is 245. The third-order valence-electron chi connectivity index (χ3n) is 3.20. The number of nitrogens with zero attached hydrogens (tertiary/aromatic N) is 1. The maximum absolute atomic E-state index is 6.19. The molecule has 0 aromatic heterocycles. The van der Waals surface area contributed by atoms with Crippen LogP contribution in [0.1, 0.15) is 51.9 Å². The van der Waals surface area contributed by atoms with Crippen molar-refractivity contribution >= 4 is 24.5 Å². The van der Waals surface area contributed by atoms with Gasteiger partial charge in [0.25, 0.3) is 0 Å². The first-order valence-electron chi connectivity index (χ1n) is 7.11. The molecule has 0 amide bonds. The number of rotatable bonds is 7. The van der Waals surface area contributed by atoms with Gasteiger partial charge in [0.05, 0.1) is 0 Å². The van der Waals surface area contributed by atoms with Gasteiger partial charge in [0.1, 0.15) is 0 Å². The first-order chi connectivity index (χ1) is 8.33. The zero-order valence-corrected chi connectivity index (χ0v) is 11.9. The third-order valence-corrected chi connectivity index (χ3v) is 3.42. The van der Waals surface area contributed by atoms with Crippen LogP contribution in [0.25, 0.3) is 0 Å². The van der Waals surface area contributed by atoms with E-state index in [0.717, 1.165) is 11.4 Å². The Morgan fingerprint density at radius 2 is 1.94 bits per heavy atom. The number of likely N-dealkylation sites (tertiary alicyclic amines) is 1. The van der Waals surface area contributed by atoms with Gasteiger partial charge >= 0.3 is 112 Å². The second-order valence-corrected chi connectivity index (χ2v) is 5.30. The zero-order chi connectivity index (χ0) is 12.3. The van der Waals surface area contributed by atoms with Crippen LogP contribution in [0.4, 0.5) is 0 Å². The SMILES string of the molecule is CCCCCC/B=C\C(Cl)=C/N1CCCCC1. The summed E-state index contributed by atoms with van der Waals surface area (Å²) in [6.45, 7) is 6.79. The van der Waals surface area contributed by atoms with Crippen LogP contribution < -0.4 is 0 Å². The van der Waals surface area contributed by atoms with Crippen molar-refractivity contribution < 1.29 is 0 Å². The van der Waals surface area contributed by atoms with Crippen molar-refractivity contribution in [2.75, 3.05) is 13.1 Å². The summed E-state index contributed by atoms with van der Waals surface area (Å²) in [6, 6.07) is 0. The summed E-state index contributed by atoms with van der Waals surface area (Å²) in [7, 11) is 0. The van der Waals surface area contributed by atoms with Gasteiger partial charge in [-0.05, 0) is 0 Å². The predicted octanol–water partition coefficient (Wildman–Crippen LogP) is 4.06. The fourth-order valence-electron chi connectivity index (χ4n) is 2.15. The molecule has 0 saturated carbocycles. The Morgan fingerprint density at radius 3 is 2.65 bits per heavy atom. The number of halogens is 1. The molecule has 1 heterocycles. The number of piperidine rings is 1. The molecule has 1 aliphatic rings. The van der Waals surface area contributed by atoms with E-state index >= 15 is 0 Å². The number of unbranched alkanes of at least 4 members (excludes halogenated alkanes) is 3. The quantitative estimate of drug-likeness (QED) is 0.489. The van der Waals surface area contributed by atoms with Crippen molar-refractivity contribution in [1.29, 1.82) is 0 Å². The molecule has 17 heavy (non-hydrogen) atoms. The molecule has 0 radical (unpaired) electrons. The Balaban J connectivity index is 2.15. The Kier molecular flexibility index (Phi) is 8.51. The van der Waals surface area contributed by atoms with Gasteiger partial charge in [0, 0.05) is 0 Å². The summed E-state index contributed by atoms with van der Waals surface area (Å²) in [5.41, 5.74) is 0. The molecule has 1 rings (SSSR count). The average molecular weight is 254 g/mol. The van der Waals surface area contributed by atoms with E-state index in [1.165, 1.54) is 58.0 Å². The van der Waals surface area contributed by atoms with Gasteiger partial charge in [0.2, 0.25) is 0 Å². The van der Waals surface area contributed by atoms with Crippen LogP contribution in [0.2, 0.25) is 6.32 Å². The van der Waals surface area contributed by atoms with E-state index < -0.39 is 0 Å². The van der Waals surface area contributed by atoms with Crippen LogP contribution in [0.5, 0.6) is 0 Å². The van der Waals surface area contributed by atoms with Crippen LogP contribution in [-0.4, -0.2) is 30.9 Å². The van der Waals surface area contributed by atoms with E-state index in [2.05, 4.69) is 30.9 Å². The van der Waals surface area contributed by atoms with Gasteiger partial charge in [-0.3, -0.25) is 0 Å². The standard InChI is InChI=1S/C14H25BClN/c1-2-3-4-6-9-15-12-14(16)13-17-10-7-5-8-11-17/h12-13H,2-11H2,1H3/b14-13+. The Hall–Kier alpha value is -0.235. The molecular formula is C14H25BClN. The molecule has 1 aliphatic heterocycles. The molecule has 0 aromatic carbocycles. The molecule has 0 aromatic rings. The monoisotopic (exact) mass is 253 g/mol. The van der Waals surface area contributed by atoms with E-state index in [0.29, 0.717) is 0 Å². The molecule has 3 heteroatoms. The molecular weight excluding hydrogens is 228 g/mol. The van der Waals surface area contributed by atoms with Gasteiger partial charge in [-0.2, -0.15) is 0 Å². The molecule has 0 spiro atoms. The van der Waals surface area contributed by atoms with Gasteiger partial charge in [0.15, 0.2) is 0 Å². The molecule has 0 aliphatic carbocycles. The Morgan fingerprint density at radius 1 is 1.18 bits per heavy atom. The summed E-state index contributed by atoms with van der Waals surface area (Å²) in [4.78, 5) is 2.34. The summed E-state index contributed by atoms with van der Waals surface area (Å²) in [5.74, 6) is 2.06. The van der Waals surface area contributed by atoms with E-state index in [-0.39, 0.29) is 0 Å². The summed E-state index contributed by atoms with van der Waals surface area (Å²) in [5, 5.41) is 0.877. The zero-order valence-electron chi connectivity index (χ0n) is 11.1. The van der Waals surface area contributed by atoms with E-state index in [1.807, 2.05) is 0 Å². The summed E-state index contributed by atoms with van der Waals surface area (Å²) < 4.78 is 0. The minimum absolute atomic E-state index is 0.877. The fraction of sp³-hybridized carbons (Fsp3) is 0.786. The van der Waals surface area contributed by atoms with Crippen molar-refractivity contribution in [2.24, 2.45) is 0 Å². The fourth-order valence-corrected chi connectivity index (χ4v) is 2.38. The molecule has 0 atom stereocenters. The van der Waals surface area contributed by atoms with Crippen molar-refractivity contribution in [3.63, 3.8) is 0 Å².